The number of allylic oxidation sites excluding steroid dienone is 4. The minimum atomic E-state index is -0.682. The number of aliphatic hydroxyl groups excluding tert-OH is 2. The van der Waals surface area contributed by atoms with Crippen LogP contribution in [0.1, 0.15) is 309 Å². The summed E-state index contributed by atoms with van der Waals surface area (Å²) < 4.78 is 5.45. The van der Waals surface area contributed by atoms with E-state index in [1.165, 1.54) is 205 Å². The summed E-state index contributed by atoms with van der Waals surface area (Å²) in [6.07, 6.45) is 64.5. The van der Waals surface area contributed by atoms with Crippen LogP contribution < -0.4 is 5.32 Å². The van der Waals surface area contributed by atoms with Gasteiger partial charge < -0.3 is 20.3 Å². The molecular weight excluding hydrogens is 791 g/mol. The van der Waals surface area contributed by atoms with E-state index in [0.29, 0.717) is 25.9 Å². The van der Waals surface area contributed by atoms with Crippen molar-refractivity contribution in [3.63, 3.8) is 0 Å². The van der Waals surface area contributed by atoms with Crippen molar-refractivity contribution in [3.05, 3.63) is 24.3 Å². The first-order valence-corrected chi connectivity index (χ1v) is 28.6. The van der Waals surface area contributed by atoms with E-state index in [1.54, 1.807) is 0 Å². The molecule has 378 valence electrons. The third kappa shape index (κ3) is 49.8. The monoisotopic (exact) mass is 902 g/mol. The fourth-order valence-corrected chi connectivity index (χ4v) is 8.81. The van der Waals surface area contributed by atoms with Crippen LogP contribution in [0.15, 0.2) is 24.3 Å². The highest BCUT2D eigenvalue weighted by Gasteiger charge is 2.20. The van der Waals surface area contributed by atoms with Gasteiger partial charge in [0.05, 0.1) is 25.4 Å². The first-order chi connectivity index (χ1) is 31.5. The van der Waals surface area contributed by atoms with Gasteiger partial charge in [-0.2, -0.15) is 0 Å². The Kier molecular flexibility index (Phi) is 52.6. The van der Waals surface area contributed by atoms with Gasteiger partial charge in [-0.05, 0) is 77.0 Å². The van der Waals surface area contributed by atoms with E-state index in [0.717, 1.165) is 70.6 Å². The van der Waals surface area contributed by atoms with Crippen molar-refractivity contribution in [2.45, 2.75) is 321 Å². The molecule has 0 aromatic carbocycles. The topological polar surface area (TPSA) is 95.9 Å². The lowest BCUT2D eigenvalue weighted by molar-refractivity contribution is -0.143. The fourth-order valence-electron chi connectivity index (χ4n) is 8.81. The van der Waals surface area contributed by atoms with Gasteiger partial charge in [-0.3, -0.25) is 9.59 Å². The van der Waals surface area contributed by atoms with Crippen LogP contribution in [0, 0.1) is 0 Å². The van der Waals surface area contributed by atoms with Gasteiger partial charge in [-0.1, -0.05) is 244 Å². The summed E-state index contributed by atoms with van der Waals surface area (Å²) in [5.74, 6) is -0.0836. The molecule has 3 N–H and O–H groups in total. The van der Waals surface area contributed by atoms with Crippen LogP contribution in [-0.4, -0.2) is 47.4 Å². The third-order valence-corrected chi connectivity index (χ3v) is 13.2. The van der Waals surface area contributed by atoms with Gasteiger partial charge in [-0.25, -0.2) is 0 Å². The number of carbonyl (C=O) groups excluding carboxylic acids is 2. The molecule has 0 heterocycles. The number of aliphatic hydroxyl groups is 2. The molecule has 0 radical (unpaired) electrons. The Hall–Kier alpha value is -1.66. The summed E-state index contributed by atoms with van der Waals surface area (Å²) in [5, 5.41) is 23.3. The number of unbranched alkanes of at least 4 members (excludes halogenated alkanes) is 38. The molecule has 0 aliphatic rings. The Morgan fingerprint density at radius 1 is 0.422 bits per heavy atom. The summed E-state index contributed by atoms with van der Waals surface area (Å²) >= 11 is 0. The molecule has 6 nitrogen and oxygen atoms in total. The highest BCUT2D eigenvalue weighted by molar-refractivity contribution is 5.76. The number of hydrogen-bond donors (Lipinski definition) is 3. The number of hydrogen-bond acceptors (Lipinski definition) is 5. The number of rotatable bonds is 53. The molecule has 0 aromatic rings. The molecule has 0 rings (SSSR count). The van der Waals surface area contributed by atoms with Gasteiger partial charge >= 0.3 is 5.97 Å². The zero-order chi connectivity index (χ0) is 46.5. The maximum atomic E-state index is 12.5. The predicted octanol–water partition coefficient (Wildman–Crippen LogP) is 17.5. The van der Waals surface area contributed by atoms with Crippen LogP contribution in [0.25, 0.3) is 0 Å². The second-order valence-electron chi connectivity index (χ2n) is 19.6. The number of ether oxygens (including phenoxy) is 1. The molecule has 0 saturated heterocycles. The molecule has 6 heteroatoms. The van der Waals surface area contributed by atoms with Gasteiger partial charge in [0.1, 0.15) is 0 Å². The van der Waals surface area contributed by atoms with Crippen molar-refractivity contribution in [1.82, 2.24) is 5.32 Å². The number of esters is 1. The summed E-state index contributed by atoms with van der Waals surface area (Å²) in [4.78, 5) is 24.5. The normalized spacial score (nSPS) is 12.8. The van der Waals surface area contributed by atoms with E-state index in [9.17, 15) is 19.8 Å². The van der Waals surface area contributed by atoms with Crippen LogP contribution in [0.2, 0.25) is 0 Å². The summed E-state index contributed by atoms with van der Waals surface area (Å²) in [6.45, 7) is 4.91. The van der Waals surface area contributed by atoms with E-state index in [-0.39, 0.29) is 18.5 Å². The van der Waals surface area contributed by atoms with E-state index in [2.05, 4.69) is 43.5 Å². The SMILES string of the molecule is CCCCCCC/C=C\CCCCCCCC(=O)OCCCCCCCC/C=C\CCCCCC(=O)NC(CO)C(O)CCCCCCCCCCCCCCCCCCCCCC. The van der Waals surface area contributed by atoms with Crippen LogP contribution in [0.3, 0.4) is 0 Å². The molecule has 0 aliphatic heterocycles. The highest BCUT2D eigenvalue weighted by Crippen LogP contribution is 2.17. The number of nitrogens with one attached hydrogen (secondary N) is 1. The van der Waals surface area contributed by atoms with Gasteiger partial charge in [0, 0.05) is 12.8 Å². The molecule has 0 aromatic heterocycles. The summed E-state index contributed by atoms with van der Waals surface area (Å²) in [6, 6.07) is -0.562. The van der Waals surface area contributed by atoms with Crippen molar-refractivity contribution >= 4 is 11.9 Å². The quantitative estimate of drug-likeness (QED) is 0.0321. The van der Waals surface area contributed by atoms with Crippen molar-refractivity contribution in [1.29, 1.82) is 0 Å². The zero-order valence-electron chi connectivity index (χ0n) is 43.0. The second-order valence-corrected chi connectivity index (χ2v) is 19.6. The lowest BCUT2D eigenvalue weighted by atomic mass is 10.0. The van der Waals surface area contributed by atoms with Crippen LogP contribution in [-0.2, 0) is 14.3 Å². The Labute approximate surface area is 399 Å². The highest BCUT2D eigenvalue weighted by atomic mass is 16.5. The number of carbonyl (C=O) groups is 2. The Morgan fingerprint density at radius 2 is 0.734 bits per heavy atom. The fraction of sp³-hybridized carbons (Fsp3) is 0.897. The van der Waals surface area contributed by atoms with Gasteiger partial charge in [0.25, 0.3) is 0 Å². The molecular formula is C58H111NO5. The largest absolute Gasteiger partial charge is 0.466 e. The average molecular weight is 903 g/mol. The molecule has 1 amide bonds. The maximum absolute atomic E-state index is 12.5. The lowest BCUT2D eigenvalue weighted by Crippen LogP contribution is -2.45. The molecule has 0 fully saturated rings. The van der Waals surface area contributed by atoms with E-state index < -0.39 is 12.1 Å². The molecule has 0 aliphatic carbocycles. The first-order valence-electron chi connectivity index (χ1n) is 28.6. The number of amides is 1. The molecule has 0 saturated carbocycles. The smallest absolute Gasteiger partial charge is 0.305 e. The first kappa shape index (κ1) is 62.3. The molecule has 0 bridgehead atoms. The Morgan fingerprint density at radius 3 is 1.12 bits per heavy atom. The average Bonchev–Trinajstić information content (AvgIpc) is 3.29. The molecule has 0 spiro atoms. The van der Waals surface area contributed by atoms with Gasteiger partial charge in [-0.15, -0.1) is 0 Å². The molecule has 2 unspecified atom stereocenters. The minimum absolute atomic E-state index is 0.0206. The van der Waals surface area contributed by atoms with E-state index in [4.69, 9.17) is 4.74 Å². The van der Waals surface area contributed by atoms with Crippen LogP contribution in [0.5, 0.6) is 0 Å². The lowest BCUT2D eigenvalue weighted by Gasteiger charge is -2.22. The Balaban J connectivity index is 3.50. The van der Waals surface area contributed by atoms with Crippen molar-refractivity contribution < 1.29 is 24.5 Å². The van der Waals surface area contributed by atoms with Crippen molar-refractivity contribution in [2.24, 2.45) is 0 Å². The van der Waals surface area contributed by atoms with Crippen molar-refractivity contribution in [2.75, 3.05) is 13.2 Å². The zero-order valence-corrected chi connectivity index (χ0v) is 43.0. The van der Waals surface area contributed by atoms with Crippen LogP contribution >= 0.6 is 0 Å². The maximum Gasteiger partial charge on any atom is 0.305 e. The van der Waals surface area contributed by atoms with Gasteiger partial charge in [0.15, 0.2) is 0 Å². The van der Waals surface area contributed by atoms with Crippen molar-refractivity contribution in [3.8, 4) is 0 Å². The Bertz CT molecular complexity index is 997. The summed E-state index contributed by atoms with van der Waals surface area (Å²) in [7, 11) is 0. The molecule has 64 heavy (non-hydrogen) atoms. The van der Waals surface area contributed by atoms with E-state index in [1.807, 2.05) is 0 Å². The third-order valence-electron chi connectivity index (χ3n) is 13.2. The van der Waals surface area contributed by atoms with E-state index >= 15 is 0 Å². The molecule has 2 atom stereocenters. The predicted molar refractivity (Wildman–Crippen MR) is 278 cm³/mol. The summed E-state index contributed by atoms with van der Waals surface area (Å²) in [5.41, 5.74) is 0. The van der Waals surface area contributed by atoms with Crippen LogP contribution in [0.4, 0.5) is 0 Å². The standard InChI is InChI=1S/C58H111NO5/c1-3-5-7-9-11-13-15-17-19-20-21-22-23-24-26-30-34-38-42-46-50-56(61)55(54-60)59-57(62)51-47-43-39-35-31-27-25-29-33-37-41-45-49-53-64-58(63)52-48-44-40-36-32-28-18-16-14-12-10-8-6-4-2/h16,18,27,31,55-56,60-61H,3-15,17,19-26,28-30,32-54H2,1-2H3,(H,59,62)/b18-16-,31-27-. The second kappa shape index (κ2) is 54.0. The van der Waals surface area contributed by atoms with Gasteiger partial charge in [0.2, 0.25) is 5.91 Å². The minimum Gasteiger partial charge on any atom is -0.466 e.